The summed E-state index contributed by atoms with van der Waals surface area (Å²) in [7, 11) is 0. The third-order valence-electron chi connectivity index (χ3n) is 3.40. The molecule has 1 unspecified atom stereocenters. The van der Waals surface area contributed by atoms with Crippen molar-refractivity contribution in [2.75, 3.05) is 5.32 Å². The molecule has 1 atom stereocenters. The van der Waals surface area contributed by atoms with Gasteiger partial charge in [-0.25, -0.2) is 4.39 Å². The van der Waals surface area contributed by atoms with Crippen LogP contribution in [0.15, 0.2) is 47.4 Å². The van der Waals surface area contributed by atoms with Crippen LogP contribution in [0.4, 0.5) is 10.1 Å². The fourth-order valence-electron chi connectivity index (χ4n) is 1.99. The first-order valence-electron chi connectivity index (χ1n) is 6.98. The standard InChI is InChI=1S/C16H17FN4O2/c1-16(19,7-8-18)15(23)20-13-6-5-11(10-12(13)17)21-9-3-2-4-14(21)22/h2-6,8-10,18H,7,19H2,1H3,(H,20,23)/p+1. The Hall–Kier alpha value is -2.80. The van der Waals surface area contributed by atoms with Crippen molar-refractivity contribution in [1.82, 2.24) is 4.57 Å². The first kappa shape index (κ1) is 16.6. The molecule has 0 fully saturated rings. The molecule has 0 saturated heterocycles. The molecule has 2 aromatic rings. The Balaban J connectivity index is 2.27. The molecule has 2 rings (SSSR count). The Morgan fingerprint density at radius 1 is 1.43 bits per heavy atom. The van der Waals surface area contributed by atoms with Gasteiger partial charge in [-0.2, -0.15) is 0 Å². The second-order valence-electron chi connectivity index (χ2n) is 5.50. The highest BCUT2D eigenvalue weighted by atomic mass is 19.1. The lowest BCUT2D eigenvalue weighted by Crippen LogP contribution is -2.76. The molecule has 7 heteroatoms. The van der Waals surface area contributed by atoms with Crippen molar-refractivity contribution in [1.29, 1.82) is 5.41 Å². The van der Waals surface area contributed by atoms with Crippen LogP contribution in [0.1, 0.15) is 13.3 Å². The normalized spacial score (nSPS) is 13.2. The Bertz CT molecular complexity index is 799. The molecule has 0 radical (unpaired) electrons. The van der Waals surface area contributed by atoms with E-state index in [0.29, 0.717) is 5.69 Å². The lowest BCUT2D eigenvalue weighted by molar-refractivity contribution is -0.448. The number of hydrogen-bond acceptors (Lipinski definition) is 3. The Labute approximate surface area is 132 Å². The van der Waals surface area contributed by atoms with Crippen molar-refractivity contribution in [2.24, 2.45) is 0 Å². The number of quaternary nitrogens is 1. The van der Waals surface area contributed by atoms with Gasteiger partial charge < -0.3 is 16.5 Å². The van der Waals surface area contributed by atoms with Crippen LogP contribution < -0.4 is 16.6 Å². The van der Waals surface area contributed by atoms with Crippen molar-refractivity contribution < 1.29 is 14.9 Å². The van der Waals surface area contributed by atoms with Crippen LogP contribution in [0, 0.1) is 11.2 Å². The van der Waals surface area contributed by atoms with Crippen LogP contribution in [0.2, 0.25) is 0 Å². The van der Waals surface area contributed by atoms with Gasteiger partial charge in [0, 0.05) is 37.9 Å². The number of nitrogens with one attached hydrogen (secondary N) is 2. The highest BCUT2D eigenvalue weighted by Crippen LogP contribution is 2.19. The zero-order valence-electron chi connectivity index (χ0n) is 12.7. The molecular formula is C16H18FN4O2+. The zero-order valence-corrected chi connectivity index (χ0v) is 12.7. The highest BCUT2D eigenvalue weighted by Gasteiger charge is 2.32. The summed E-state index contributed by atoms with van der Waals surface area (Å²) >= 11 is 0. The van der Waals surface area contributed by atoms with Gasteiger partial charge in [0.2, 0.25) is 0 Å². The Morgan fingerprint density at radius 2 is 2.17 bits per heavy atom. The van der Waals surface area contributed by atoms with E-state index in [1.165, 1.54) is 35.0 Å². The SMILES string of the molecule is CC([NH3+])(CC=N)C(=O)Nc1ccc(-n2ccccc2=O)cc1F. The van der Waals surface area contributed by atoms with Crippen molar-refractivity contribution in [3.05, 3.63) is 58.8 Å². The topological polar surface area (TPSA) is 103 Å². The van der Waals surface area contributed by atoms with Gasteiger partial charge >= 0.3 is 0 Å². The molecular weight excluding hydrogens is 299 g/mol. The van der Waals surface area contributed by atoms with E-state index in [1.807, 2.05) is 0 Å². The minimum Gasteiger partial charge on any atom is -0.345 e. The van der Waals surface area contributed by atoms with Gasteiger partial charge in [-0.1, -0.05) is 6.07 Å². The predicted molar refractivity (Wildman–Crippen MR) is 85.3 cm³/mol. The number of benzene rings is 1. The van der Waals surface area contributed by atoms with Crippen molar-refractivity contribution in [3.8, 4) is 5.69 Å². The van der Waals surface area contributed by atoms with Crippen molar-refractivity contribution in [2.45, 2.75) is 18.9 Å². The van der Waals surface area contributed by atoms with Gasteiger partial charge in [-0.15, -0.1) is 0 Å². The largest absolute Gasteiger partial charge is 0.345 e. The van der Waals surface area contributed by atoms with Crippen molar-refractivity contribution in [3.63, 3.8) is 0 Å². The summed E-state index contributed by atoms with van der Waals surface area (Å²) in [5.74, 6) is -1.14. The van der Waals surface area contributed by atoms with E-state index in [-0.39, 0.29) is 17.7 Å². The third-order valence-corrected chi connectivity index (χ3v) is 3.40. The smallest absolute Gasteiger partial charge is 0.285 e. The third kappa shape index (κ3) is 3.70. The molecule has 0 aliphatic rings. The van der Waals surface area contributed by atoms with Gasteiger partial charge in [-0.05, 0) is 18.2 Å². The molecule has 1 aromatic heterocycles. The summed E-state index contributed by atoms with van der Waals surface area (Å²) in [5, 5.41) is 9.53. The average molecular weight is 317 g/mol. The molecule has 6 nitrogen and oxygen atoms in total. The van der Waals surface area contributed by atoms with E-state index in [4.69, 9.17) is 5.41 Å². The second kappa shape index (κ2) is 6.53. The van der Waals surface area contributed by atoms with Crippen LogP contribution in [0.5, 0.6) is 0 Å². The molecule has 0 saturated carbocycles. The monoisotopic (exact) mass is 317 g/mol. The molecule has 5 N–H and O–H groups in total. The molecule has 0 spiro atoms. The number of aromatic nitrogens is 1. The number of nitrogens with zero attached hydrogens (tertiary/aromatic N) is 1. The van der Waals surface area contributed by atoms with E-state index in [9.17, 15) is 14.0 Å². The van der Waals surface area contributed by atoms with E-state index in [2.05, 4.69) is 11.1 Å². The summed E-state index contributed by atoms with van der Waals surface area (Å²) in [6.45, 7) is 1.57. The number of rotatable bonds is 5. The zero-order chi connectivity index (χ0) is 17.0. The lowest BCUT2D eigenvalue weighted by Gasteiger charge is -2.18. The first-order valence-corrected chi connectivity index (χ1v) is 6.98. The number of carbonyl (C=O) groups excluding carboxylic acids is 1. The van der Waals surface area contributed by atoms with Gasteiger partial charge in [0.25, 0.3) is 11.5 Å². The predicted octanol–water partition coefficient (Wildman–Crippen LogP) is 0.955. The molecule has 1 amide bonds. The summed E-state index contributed by atoms with van der Waals surface area (Å²) in [4.78, 5) is 23.8. The molecule has 1 aromatic carbocycles. The van der Waals surface area contributed by atoms with Gasteiger partial charge in [0.15, 0.2) is 5.54 Å². The van der Waals surface area contributed by atoms with E-state index in [0.717, 1.165) is 6.21 Å². The molecule has 120 valence electrons. The first-order chi connectivity index (χ1) is 10.8. The summed E-state index contributed by atoms with van der Waals surface area (Å²) in [6, 6.07) is 8.75. The fraction of sp³-hybridized carbons (Fsp3) is 0.188. The second-order valence-corrected chi connectivity index (χ2v) is 5.50. The van der Waals surface area contributed by atoms with Crippen LogP contribution >= 0.6 is 0 Å². The Morgan fingerprint density at radius 3 is 2.78 bits per heavy atom. The number of amides is 1. The number of halogens is 1. The Kier molecular flexibility index (Phi) is 4.71. The van der Waals surface area contributed by atoms with E-state index >= 15 is 0 Å². The van der Waals surface area contributed by atoms with Gasteiger partial charge in [-0.3, -0.25) is 14.2 Å². The summed E-state index contributed by atoms with van der Waals surface area (Å²) < 4.78 is 15.5. The van der Waals surface area contributed by atoms with Gasteiger partial charge in [0.1, 0.15) is 5.82 Å². The van der Waals surface area contributed by atoms with E-state index in [1.54, 1.807) is 19.1 Å². The molecule has 23 heavy (non-hydrogen) atoms. The number of anilines is 1. The van der Waals surface area contributed by atoms with Crippen LogP contribution in [0.25, 0.3) is 5.69 Å². The summed E-state index contributed by atoms with van der Waals surface area (Å²) in [6.07, 6.45) is 2.78. The maximum Gasteiger partial charge on any atom is 0.285 e. The maximum absolute atomic E-state index is 14.2. The number of hydrogen-bond donors (Lipinski definition) is 3. The number of carbonyl (C=O) groups is 1. The van der Waals surface area contributed by atoms with Crippen LogP contribution in [-0.2, 0) is 4.79 Å². The molecule has 0 bridgehead atoms. The summed E-state index contributed by atoms with van der Waals surface area (Å²) in [5.41, 5.74) is 2.77. The lowest BCUT2D eigenvalue weighted by atomic mass is 9.99. The van der Waals surface area contributed by atoms with Crippen molar-refractivity contribution >= 4 is 17.8 Å². The fourth-order valence-corrected chi connectivity index (χ4v) is 1.99. The molecule has 1 heterocycles. The average Bonchev–Trinajstić information content (AvgIpc) is 2.49. The van der Waals surface area contributed by atoms with E-state index < -0.39 is 17.3 Å². The minimum absolute atomic E-state index is 0.00239. The van der Waals surface area contributed by atoms with Crippen LogP contribution in [0.3, 0.4) is 0 Å². The van der Waals surface area contributed by atoms with Gasteiger partial charge in [0.05, 0.1) is 11.4 Å². The maximum atomic E-state index is 14.2. The number of pyridine rings is 1. The quantitative estimate of drug-likeness (QED) is 0.715. The molecule has 0 aliphatic heterocycles. The minimum atomic E-state index is -1.05. The van der Waals surface area contributed by atoms with Crippen LogP contribution in [-0.4, -0.2) is 22.2 Å². The highest BCUT2D eigenvalue weighted by molar-refractivity contribution is 5.98. The molecule has 0 aliphatic carbocycles.